The molecule has 0 aromatic heterocycles. The SMILES string of the molecule is CCNC1c2ccccc2CC1S(=O)CCOC. The van der Waals surface area contributed by atoms with Crippen LogP contribution in [0.25, 0.3) is 0 Å². The monoisotopic (exact) mass is 267 g/mol. The third-order valence-electron chi connectivity index (χ3n) is 3.43. The van der Waals surface area contributed by atoms with E-state index < -0.39 is 10.8 Å². The van der Waals surface area contributed by atoms with Gasteiger partial charge in [0.2, 0.25) is 0 Å². The van der Waals surface area contributed by atoms with Crippen LogP contribution in [0.3, 0.4) is 0 Å². The number of benzene rings is 1. The Kier molecular flexibility index (Phi) is 4.92. The van der Waals surface area contributed by atoms with Crippen LogP contribution in [0.1, 0.15) is 24.1 Å². The molecule has 3 unspecified atom stereocenters. The summed E-state index contributed by atoms with van der Waals surface area (Å²) in [6, 6.07) is 8.64. The summed E-state index contributed by atoms with van der Waals surface area (Å²) in [6.45, 7) is 3.56. The fraction of sp³-hybridized carbons (Fsp3) is 0.571. The Bertz CT molecular complexity index is 422. The Balaban J connectivity index is 2.15. The van der Waals surface area contributed by atoms with Crippen molar-refractivity contribution in [3.63, 3.8) is 0 Å². The van der Waals surface area contributed by atoms with Crippen molar-refractivity contribution in [2.45, 2.75) is 24.6 Å². The third-order valence-corrected chi connectivity index (χ3v) is 5.12. The van der Waals surface area contributed by atoms with E-state index in [4.69, 9.17) is 4.74 Å². The molecule has 0 saturated heterocycles. The highest BCUT2D eigenvalue weighted by atomic mass is 32.2. The molecule has 0 spiro atoms. The topological polar surface area (TPSA) is 38.3 Å². The van der Waals surface area contributed by atoms with Crippen molar-refractivity contribution >= 4 is 10.8 Å². The second kappa shape index (κ2) is 6.45. The van der Waals surface area contributed by atoms with Gasteiger partial charge in [0, 0.05) is 29.7 Å². The summed E-state index contributed by atoms with van der Waals surface area (Å²) in [6.07, 6.45) is 0.907. The summed E-state index contributed by atoms with van der Waals surface area (Å²) >= 11 is 0. The van der Waals surface area contributed by atoms with E-state index in [0.29, 0.717) is 12.4 Å². The number of ether oxygens (including phenoxy) is 1. The van der Waals surface area contributed by atoms with Crippen molar-refractivity contribution in [2.75, 3.05) is 26.0 Å². The molecule has 0 amide bonds. The van der Waals surface area contributed by atoms with E-state index in [1.54, 1.807) is 7.11 Å². The Morgan fingerprint density at radius 3 is 2.94 bits per heavy atom. The van der Waals surface area contributed by atoms with Gasteiger partial charge in [-0.1, -0.05) is 31.2 Å². The number of methoxy groups -OCH3 is 1. The normalized spacial score (nSPS) is 23.9. The first kappa shape index (κ1) is 13.7. The summed E-state index contributed by atoms with van der Waals surface area (Å²) in [5, 5.41) is 3.65. The standard InChI is InChI=1S/C14H21NO2S/c1-3-15-14-12-7-5-4-6-11(12)10-13(14)18(16)9-8-17-2/h4-7,13-15H,3,8-10H2,1-2H3. The molecule has 0 radical (unpaired) electrons. The van der Waals surface area contributed by atoms with Gasteiger partial charge in [-0.05, 0) is 24.1 Å². The summed E-state index contributed by atoms with van der Waals surface area (Å²) in [4.78, 5) is 0. The lowest BCUT2D eigenvalue weighted by Gasteiger charge is -2.20. The fourth-order valence-corrected chi connectivity index (χ4v) is 4.13. The van der Waals surface area contributed by atoms with Crippen molar-refractivity contribution in [1.29, 1.82) is 0 Å². The minimum Gasteiger partial charge on any atom is -0.384 e. The van der Waals surface area contributed by atoms with Gasteiger partial charge in [0.25, 0.3) is 0 Å². The van der Waals surface area contributed by atoms with Gasteiger partial charge in [-0.2, -0.15) is 0 Å². The van der Waals surface area contributed by atoms with E-state index in [-0.39, 0.29) is 11.3 Å². The van der Waals surface area contributed by atoms with Gasteiger partial charge in [-0.15, -0.1) is 0 Å². The molecule has 100 valence electrons. The summed E-state index contributed by atoms with van der Waals surface area (Å²) < 4.78 is 17.4. The smallest absolute Gasteiger partial charge is 0.0584 e. The number of nitrogens with one attached hydrogen (secondary N) is 1. The first-order valence-corrected chi connectivity index (χ1v) is 7.83. The highest BCUT2D eigenvalue weighted by Crippen LogP contribution is 2.34. The van der Waals surface area contributed by atoms with Crippen LogP contribution in [0.5, 0.6) is 0 Å². The highest BCUT2D eigenvalue weighted by Gasteiger charge is 2.35. The van der Waals surface area contributed by atoms with Crippen LogP contribution in [-0.2, 0) is 22.0 Å². The minimum atomic E-state index is -0.841. The van der Waals surface area contributed by atoms with Crippen LogP contribution in [-0.4, -0.2) is 35.5 Å². The summed E-state index contributed by atoms with van der Waals surface area (Å²) in [7, 11) is 0.815. The van der Waals surface area contributed by atoms with E-state index in [9.17, 15) is 4.21 Å². The zero-order valence-corrected chi connectivity index (χ0v) is 11.8. The number of fused-ring (bicyclic) bond motifs is 1. The molecule has 3 atom stereocenters. The molecule has 2 rings (SSSR count). The number of hydrogen-bond acceptors (Lipinski definition) is 3. The van der Waals surface area contributed by atoms with E-state index in [2.05, 4.69) is 36.5 Å². The minimum absolute atomic E-state index is 0.178. The van der Waals surface area contributed by atoms with Gasteiger partial charge >= 0.3 is 0 Å². The maximum atomic E-state index is 12.3. The van der Waals surface area contributed by atoms with Gasteiger partial charge in [-0.25, -0.2) is 0 Å². The van der Waals surface area contributed by atoms with Gasteiger partial charge in [-0.3, -0.25) is 4.21 Å². The Hall–Kier alpha value is -0.710. The van der Waals surface area contributed by atoms with Crippen molar-refractivity contribution in [2.24, 2.45) is 0 Å². The van der Waals surface area contributed by atoms with Crippen molar-refractivity contribution < 1.29 is 8.95 Å². The maximum absolute atomic E-state index is 12.3. The van der Waals surface area contributed by atoms with E-state index in [1.165, 1.54) is 11.1 Å². The van der Waals surface area contributed by atoms with Crippen molar-refractivity contribution in [3.05, 3.63) is 35.4 Å². The molecule has 0 saturated carbocycles. The number of rotatable bonds is 6. The summed E-state index contributed by atoms with van der Waals surface area (Å²) in [5.74, 6) is 0.622. The predicted molar refractivity (Wildman–Crippen MR) is 75.2 cm³/mol. The average molecular weight is 267 g/mol. The molecule has 0 bridgehead atoms. The van der Waals surface area contributed by atoms with Crippen LogP contribution in [0.15, 0.2) is 24.3 Å². The molecule has 1 aliphatic rings. The van der Waals surface area contributed by atoms with Crippen LogP contribution >= 0.6 is 0 Å². The van der Waals surface area contributed by atoms with E-state index in [1.807, 2.05) is 0 Å². The predicted octanol–water partition coefficient (Wildman–Crippen LogP) is 1.66. The first-order chi connectivity index (χ1) is 8.77. The molecule has 1 N–H and O–H groups in total. The highest BCUT2D eigenvalue weighted by molar-refractivity contribution is 7.85. The lowest BCUT2D eigenvalue weighted by Crippen LogP contribution is -2.33. The zero-order chi connectivity index (χ0) is 13.0. The molecule has 18 heavy (non-hydrogen) atoms. The second-order valence-corrected chi connectivity index (χ2v) is 6.33. The fourth-order valence-electron chi connectivity index (χ4n) is 2.58. The quantitative estimate of drug-likeness (QED) is 0.852. The molecule has 0 heterocycles. The third kappa shape index (κ3) is 2.82. The van der Waals surface area contributed by atoms with Crippen molar-refractivity contribution in [3.8, 4) is 0 Å². The Morgan fingerprint density at radius 1 is 1.44 bits per heavy atom. The van der Waals surface area contributed by atoms with E-state index >= 15 is 0 Å². The lowest BCUT2D eigenvalue weighted by atomic mass is 10.1. The molecular weight excluding hydrogens is 246 g/mol. The van der Waals surface area contributed by atoms with Crippen molar-refractivity contribution in [1.82, 2.24) is 5.32 Å². The van der Waals surface area contributed by atoms with Crippen LogP contribution < -0.4 is 5.32 Å². The average Bonchev–Trinajstić information content (AvgIpc) is 2.76. The molecule has 1 aromatic rings. The Morgan fingerprint density at radius 2 is 2.22 bits per heavy atom. The first-order valence-electron chi connectivity index (χ1n) is 6.45. The largest absolute Gasteiger partial charge is 0.384 e. The molecule has 1 aromatic carbocycles. The van der Waals surface area contributed by atoms with Crippen LogP contribution in [0, 0.1) is 0 Å². The van der Waals surface area contributed by atoms with Gasteiger partial charge in [0.15, 0.2) is 0 Å². The van der Waals surface area contributed by atoms with Crippen LogP contribution in [0.4, 0.5) is 0 Å². The molecule has 4 heteroatoms. The molecule has 1 aliphatic carbocycles. The second-order valence-electron chi connectivity index (χ2n) is 4.55. The molecule has 0 aliphatic heterocycles. The van der Waals surface area contributed by atoms with Crippen LogP contribution in [0.2, 0.25) is 0 Å². The van der Waals surface area contributed by atoms with Gasteiger partial charge in [0.05, 0.1) is 11.9 Å². The molecule has 0 fully saturated rings. The van der Waals surface area contributed by atoms with Gasteiger partial charge < -0.3 is 10.1 Å². The molecular formula is C14H21NO2S. The Labute approximate surface area is 111 Å². The van der Waals surface area contributed by atoms with Gasteiger partial charge in [0.1, 0.15) is 0 Å². The lowest BCUT2D eigenvalue weighted by molar-refractivity contribution is 0.217. The molecule has 3 nitrogen and oxygen atoms in total. The maximum Gasteiger partial charge on any atom is 0.0584 e. The zero-order valence-electron chi connectivity index (χ0n) is 11.0. The summed E-state index contributed by atoms with van der Waals surface area (Å²) in [5.41, 5.74) is 2.65. The van der Waals surface area contributed by atoms with E-state index in [0.717, 1.165) is 13.0 Å². The number of hydrogen-bond donors (Lipinski definition) is 1.